The zero-order valence-corrected chi connectivity index (χ0v) is 10.8. The molecular formula is C12H17N5O. The number of nitrogens with one attached hydrogen (secondary N) is 1. The van der Waals surface area contributed by atoms with E-state index < -0.39 is 0 Å². The fourth-order valence-corrected chi connectivity index (χ4v) is 1.77. The van der Waals surface area contributed by atoms with Crippen LogP contribution >= 0.6 is 0 Å². The standard InChI is InChI=1S/C12H17N5O/c1-9-4-5-17(15-9)8-12(18)13-7-11-6-10(2)14-16(11)3/h4-6H,7-8H2,1-3H3,(H,13,18). The predicted molar refractivity (Wildman–Crippen MR) is 66.8 cm³/mol. The van der Waals surface area contributed by atoms with Gasteiger partial charge in [-0.3, -0.25) is 14.2 Å². The summed E-state index contributed by atoms with van der Waals surface area (Å²) >= 11 is 0. The highest BCUT2D eigenvalue weighted by Crippen LogP contribution is 2.01. The normalized spacial score (nSPS) is 10.6. The lowest BCUT2D eigenvalue weighted by Crippen LogP contribution is -2.28. The SMILES string of the molecule is Cc1ccn(CC(=O)NCc2cc(C)nn2C)n1. The third kappa shape index (κ3) is 2.97. The number of aryl methyl sites for hydroxylation is 3. The van der Waals surface area contributed by atoms with Crippen LogP contribution in [0.25, 0.3) is 0 Å². The van der Waals surface area contributed by atoms with Gasteiger partial charge in [-0.1, -0.05) is 0 Å². The summed E-state index contributed by atoms with van der Waals surface area (Å²) in [5.41, 5.74) is 2.84. The predicted octanol–water partition coefficient (Wildman–Crippen LogP) is 0.550. The second-order valence-corrected chi connectivity index (χ2v) is 4.33. The first-order valence-electron chi connectivity index (χ1n) is 5.81. The van der Waals surface area contributed by atoms with Crippen LogP contribution in [-0.4, -0.2) is 25.5 Å². The molecular weight excluding hydrogens is 230 g/mol. The Hall–Kier alpha value is -2.11. The van der Waals surface area contributed by atoms with Gasteiger partial charge in [0.2, 0.25) is 5.91 Å². The summed E-state index contributed by atoms with van der Waals surface area (Å²) in [6, 6.07) is 3.83. The molecule has 0 atom stereocenters. The molecule has 1 amide bonds. The van der Waals surface area contributed by atoms with Crippen molar-refractivity contribution >= 4 is 5.91 Å². The van der Waals surface area contributed by atoms with Crippen LogP contribution in [0.1, 0.15) is 17.1 Å². The van der Waals surface area contributed by atoms with Gasteiger partial charge in [0, 0.05) is 13.2 Å². The number of carbonyl (C=O) groups is 1. The van der Waals surface area contributed by atoms with Crippen molar-refractivity contribution in [2.45, 2.75) is 26.9 Å². The lowest BCUT2D eigenvalue weighted by atomic mass is 10.3. The Balaban J connectivity index is 1.87. The minimum absolute atomic E-state index is 0.0584. The van der Waals surface area contributed by atoms with Crippen molar-refractivity contribution in [1.29, 1.82) is 0 Å². The van der Waals surface area contributed by atoms with Gasteiger partial charge < -0.3 is 5.32 Å². The van der Waals surface area contributed by atoms with Crippen molar-refractivity contribution < 1.29 is 4.79 Å². The first-order valence-corrected chi connectivity index (χ1v) is 5.81. The van der Waals surface area contributed by atoms with Crippen molar-refractivity contribution in [2.24, 2.45) is 7.05 Å². The van der Waals surface area contributed by atoms with E-state index in [-0.39, 0.29) is 12.5 Å². The van der Waals surface area contributed by atoms with Gasteiger partial charge in [0.1, 0.15) is 6.54 Å². The minimum atomic E-state index is -0.0584. The van der Waals surface area contributed by atoms with Gasteiger partial charge in [-0.05, 0) is 26.0 Å². The molecule has 0 aliphatic carbocycles. The maximum Gasteiger partial charge on any atom is 0.242 e. The van der Waals surface area contributed by atoms with E-state index >= 15 is 0 Å². The van der Waals surface area contributed by atoms with Crippen molar-refractivity contribution in [2.75, 3.05) is 0 Å². The Morgan fingerprint density at radius 1 is 1.33 bits per heavy atom. The summed E-state index contributed by atoms with van der Waals surface area (Å²) < 4.78 is 3.40. The van der Waals surface area contributed by atoms with Crippen molar-refractivity contribution in [1.82, 2.24) is 24.9 Å². The maximum absolute atomic E-state index is 11.7. The average molecular weight is 247 g/mol. The second kappa shape index (κ2) is 5.03. The minimum Gasteiger partial charge on any atom is -0.349 e. The summed E-state index contributed by atoms with van der Waals surface area (Å²) in [6.07, 6.45) is 1.79. The Morgan fingerprint density at radius 2 is 2.11 bits per heavy atom. The largest absolute Gasteiger partial charge is 0.349 e. The third-order valence-electron chi connectivity index (χ3n) is 2.65. The van der Waals surface area contributed by atoms with Crippen LogP contribution in [0.2, 0.25) is 0 Å². The van der Waals surface area contributed by atoms with Crippen molar-refractivity contribution in [3.8, 4) is 0 Å². The van der Waals surface area contributed by atoms with Gasteiger partial charge in [-0.25, -0.2) is 0 Å². The summed E-state index contributed by atoms with van der Waals surface area (Å²) in [4.78, 5) is 11.7. The van der Waals surface area contributed by atoms with Gasteiger partial charge in [0.25, 0.3) is 0 Å². The van der Waals surface area contributed by atoms with E-state index in [9.17, 15) is 4.79 Å². The number of hydrogen-bond donors (Lipinski definition) is 1. The smallest absolute Gasteiger partial charge is 0.242 e. The molecule has 0 unspecified atom stereocenters. The van der Waals surface area contributed by atoms with Gasteiger partial charge >= 0.3 is 0 Å². The van der Waals surface area contributed by atoms with Crippen LogP contribution in [0.15, 0.2) is 18.3 Å². The molecule has 96 valence electrons. The average Bonchev–Trinajstić information content (AvgIpc) is 2.82. The molecule has 0 aliphatic heterocycles. The van der Waals surface area contributed by atoms with Gasteiger partial charge in [0.05, 0.1) is 23.6 Å². The lowest BCUT2D eigenvalue weighted by Gasteiger charge is -2.05. The van der Waals surface area contributed by atoms with Gasteiger partial charge in [0.15, 0.2) is 0 Å². The number of rotatable bonds is 4. The van der Waals surface area contributed by atoms with Crippen molar-refractivity contribution in [3.63, 3.8) is 0 Å². The van der Waals surface area contributed by atoms with Crippen LogP contribution in [-0.2, 0) is 24.9 Å². The van der Waals surface area contributed by atoms with E-state index in [4.69, 9.17) is 0 Å². The molecule has 2 rings (SSSR count). The Morgan fingerprint density at radius 3 is 2.67 bits per heavy atom. The Labute approximate surface area is 106 Å². The van der Waals surface area contributed by atoms with E-state index in [1.807, 2.05) is 33.0 Å². The molecule has 0 saturated heterocycles. The van der Waals surface area contributed by atoms with E-state index in [1.54, 1.807) is 15.6 Å². The number of nitrogens with zero attached hydrogens (tertiary/aromatic N) is 4. The second-order valence-electron chi connectivity index (χ2n) is 4.33. The molecule has 6 nitrogen and oxygen atoms in total. The molecule has 2 aromatic heterocycles. The van der Waals surface area contributed by atoms with Crippen LogP contribution in [0.3, 0.4) is 0 Å². The highest BCUT2D eigenvalue weighted by Gasteiger charge is 2.06. The van der Waals surface area contributed by atoms with Crippen LogP contribution in [0.5, 0.6) is 0 Å². The quantitative estimate of drug-likeness (QED) is 0.858. The summed E-state index contributed by atoms with van der Waals surface area (Å²) in [5, 5.41) is 11.2. The molecule has 2 heterocycles. The van der Waals surface area contributed by atoms with Gasteiger partial charge in [-0.15, -0.1) is 0 Å². The zero-order chi connectivity index (χ0) is 13.1. The molecule has 0 radical (unpaired) electrons. The fraction of sp³-hybridized carbons (Fsp3) is 0.417. The van der Waals surface area contributed by atoms with Crippen molar-refractivity contribution in [3.05, 3.63) is 35.4 Å². The highest BCUT2D eigenvalue weighted by atomic mass is 16.2. The number of amides is 1. The van der Waals surface area contributed by atoms with E-state index in [0.717, 1.165) is 17.1 Å². The van der Waals surface area contributed by atoms with Crippen LogP contribution in [0.4, 0.5) is 0 Å². The first-order chi connectivity index (χ1) is 8.54. The van der Waals surface area contributed by atoms with Gasteiger partial charge in [-0.2, -0.15) is 10.2 Å². The summed E-state index contributed by atoms with van der Waals surface area (Å²) in [5.74, 6) is -0.0584. The molecule has 0 aromatic carbocycles. The fourth-order valence-electron chi connectivity index (χ4n) is 1.77. The van der Waals surface area contributed by atoms with Crippen LogP contribution in [0, 0.1) is 13.8 Å². The molecule has 0 spiro atoms. The topological polar surface area (TPSA) is 64.7 Å². The Bertz CT molecular complexity index is 555. The third-order valence-corrected chi connectivity index (χ3v) is 2.65. The molecule has 18 heavy (non-hydrogen) atoms. The summed E-state index contributed by atoms with van der Waals surface area (Å²) in [6.45, 7) is 4.55. The first kappa shape index (κ1) is 12.3. The number of hydrogen-bond acceptors (Lipinski definition) is 3. The molecule has 0 aliphatic rings. The molecule has 0 bridgehead atoms. The molecule has 6 heteroatoms. The van der Waals surface area contributed by atoms with Crippen LogP contribution < -0.4 is 5.32 Å². The molecule has 2 aromatic rings. The van der Waals surface area contributed by atoms with E-state index in [1.165, 1.54) is 0 Å². The highest BCUT2D eigenvalue weighted by molar-refractivity contribution is 5.75. The maximum atomic E-state index is 11.7. The summed E-state index contributed by atoms with van der Waals surface area (Å²) in [7, 11) is 1.87. The lowest BCUT2D eigenvalue weighted by molar-refractivity contribution is -0.122. The Kier molecular flexibility index (Phi) is 3.45. The molecule has 0 saturated carbocycles. The number of aromatic nitrogens is 4. The number of carbonyl (C=O) groups excluding carboxylic acids is 1. The molecule has 0 fully saturated rings. The zero-order valence-electron chi connectivity index (χ0n) is 10.8. The van der Waals surface area contributed by atoms with E-state index in [0.29, 0.717) is 6.54 Å². The monoisotopic (exact) mass is 247 g/mol. The molecule has 1 N–H and O–H groups in total. The van der Waals surface area contributed by atoms with E-state index in [2.05, 4.69) is 15.5 Å².